The van der Waals surface area contributed by atoms with Gasteiger partial charge in [-0.3, -0.25) is 0 Å². The van der Waals surface area contributed by atoms with Gasteiger partial charge in [0.25, 0.3) is 0 Å². The Hall–Kier alpha value is -5.31. The van der Waals surface area contributed by atoms with Crippen LogP contribution in [0.4, 0.5) is 34.1 Å². The average molecular weight is 824 g/mol. The summed E-state index contributed by atoms with van der Waals surface area (Å²) >= 11 is 0. The summed E-state index contributed by atoms with van der Waals surface area (Å²) in [7, 11) is -15.5. The minimum atomic E-state index is -5.20. The van der Waals surface area contributed by atoms with Crippen molar-refractivity contribution in [2.45, 2.75) is 21.6 Å². The SMILES string of the molecule is Cc1cc(N=Nc2c(S(=O)(=O)[O-])cc3cc(Nc4ccccc4)ccc3c2O)c(O)cc1N=Nc1cc(S(=O)(=O)[O-])c2cccc(S(=O)(=O)[O-])c2c1.[Cu]. The van der Waals surface area contributed by atoms with Crippen LogP contribution in [0.1, 0.15) is 5.56 Å². The smallest absolute Gasteiger partial charge is 0.152 e. The third-order valence-electron chi connectivity index (χ3n) is 7.65. The molecule has 53 heavy (non-hydrogen) atoms. The van der Waals surface area contributed by atoms with Gasteiger partial charge in [-0.15, -0.1) is 10.2 Å². The van der Waals surface area contributed by atoms with Crippen LogP contribution in [-0.4, -0.2) is 49.1 Å². The largest absolute Gasteiger partial charge is 0.744 e. The van der Waals surface area contributed by atoms with E-state index in [0.717, 1.165) is 48.2 Å². The molecular weight excluding hydrogens is 802 g/mol. The van der Waals surface area contributed by atoms with Crippen LogP contribution in [0, 0.1) is 6.92 Å². The molecule has 6 aromatic rings. The second-order valence-corrected chi connectivity index (χ2v) is 15.2. The standard InChI is InChI=1S/C33H25N5O11S3.Cu/c1-18-12-27(28(39)17-26(18)36-35-22-15-25-24(30(16-22)51(44,45)46)8-5-9-29(25)50(41,42)43)37-38-32-31(52(47,48)49)14-19-13-21(10-11-23(19)33(32)40)34-20-6-3-2-4-7-20;/h2-17,34,39-40H,1H3,(H,41,42,43)(H,44,45,46)(H,47,48,49);/p-3. The van der Waals surface area contributed by atoms with Crippen molar-refractivity contribution in [3.63, 3.8) is 0 Å². The van der Waals surface area contributed by atoms with Gasteiger partial charge >= 0.3 is 0 Å². The Kier molecular flexibility index (Phi) is 10.7. The summed E-state index contributed by atoms with van der Waals surface area (Å²) in [6.07, 6.45) is 0. The van der Waals surface area contributed by atoms with Crippen molar-refractivity contribution >= 4 is 86.0 Å². The van der Waals surface area contributed by atoms with E-state index in [1.807, 2.05) is 18.2 Å². The number of hydrogen-bond acceptors (Lipinski definition) is 16. The number of benzene rings is 6. The van der Waals surface area contributed by atoms with Gasteiger partial charge in [-0.2, -0.15) is 10.2 Å². The molecule has 0 heterocycles. The first-order chi connectivity index (χ1) is 24.4. The van der Waals surface area contributed by atoms with Crippen LogP contribution >= 0.6 is 0 Å². The molecule has 16 nitrogen and oxygen atoms in total. The fourth-order valence-electron chi connectivity index (χ4n) is 5.27. The van der Waals surface area contributed by atoms with E-state index >= 15 is 0 Å². The minimum Gasteiger partial charge on any atom is -0.744 e. The van der Waals surface area contributed by atoms with Crippen molar-refractivity contribution < 1.29 is 66.2 Å². The Morgan fingerprint density at radius 2 is 1.23 bits per heavy atom. The Morgan fingerprint density at radius 1 is 0.566 bits per heavy atom. The van der Waals surface area contributed by atoms with E-state index in [1.165, 1.54) is 25.1 Å². The van der Waals surface area contributed by atoms with Gasteiger partial charge in [0, 0.05) is 50.7 Å². The molecule has 3 N–H and O–H groups in total. The van der Waals surface area contributed by atoms with Crippen LogP contribution in [0.15, 0.2) is 132 Å². The molecule has 0 unspecified atom stereocenters. The summed E-state index contributed by atoms with van der Waals surface area (Å²) in [5.74, 6) is -1.24. The van der Waals surface area contributed by atoms with Crippen LogP contribution in [0.3, 0.4) is 0 Å². The van der Waals surface area contributed by atoms with Gasteiger partial charge in [-0.05, 0) is 78.5 Å². The summed E-state index contributed by atoms with van der Waals surface area (Å²) in [5.41, 5.74) is 0.283. The first-order valence-corrected chi connectivity index (χ1v) is 18.9. The van der Waals surface area contributed by atoms with Crippen molar-refractivity contribution in [1.29, 1.82) is 0 Å². The first kappa shape index (κ1) is 38.9. The van der Waals surface area contributed by atoms with Crippen LogP contribution in [-0.2, 0) is 47.4 Å². The normalized spacial score (nSPS) is 12.5. The number of nitrogens with one attached hydrogen (secondary N) is 1. The summed E-state index contributed by atoms with van der Waals surface area (Å²) in [5, 5.41) is 40.0. The van der Waals surface area contributed by atoms with E-state index in [0.29, 0.717) is 5.69 Å². The van der Waals surface area contributed by atoms with Crippen molar-refractivity contribution in [2.24, 2.45) is 20.5 Å². The van der Waals surface area contributed by atoms with Gasteiger partial charge in [-0.25, -0.2) is 25.3 Å². The van der Waals surface area contributed by atoms with Crippen molar-refractivity contribution in [3.05, 3.63) is 103 Å². The number of fused-ring (bicyclic) bond motifs is 2. The van der Waals surface area contributed by atoms with Crippen LogP contribution in [0.25, 0.3) is 21.5 Å². The summed E-state index contributed by atoms with van der Waals surface area (Å²) in [4.78, 5) is -2.51. The Labute approximate surface area is 312 Å². The second-order valence-electron chi connectivity index (χ2n) is 11.2. The van der Waals surface area contributed by atoms with Gasteiger partial charge in [0.1, 0.15) is 47.5 Å². The monoisotopic (exact) mass is 823 g/mol. The molecule has 0 amide bonds. The van der Waals surface area contributed by atoms with E-state index in [9.17, 15) is 49.1 Å². The maximum absolute atomic E-state index is 12.3. The predicted molar refractivity (Wildman–Crippen MR) is 184 cm³/mol. The number of phenols is 2. The summed E-state index contributed by atoms with van der Waals surface area (Å²) < 4.78 is 108. The number of para-hydroxylation sites is 1. The van der Waals surface area contributed by atoms with Crippen molar-refractivity contribution in [2.75, 3.05) is 5.32 Å². The van der Waals surface area contributed by atoms with Crippen molar-refractivity contribution in [3.8, 4) is 11.5 Å². The fourth-order valence-corrected chi connectivity index (χ4v) is 7.31. The molecule has 0 saturated heterocycles. The molecule has 20 heteroatoms. The van der Waals surface area contributed by atoms with E-state index < -0.39 is 62.2 Å². The molecule has 0 fully saturated rings. The van der Waals surface area contributed by atoms with Gasteiger partial charge < -0.3 is 29.2 Å². The second kappa shape index (κ2) is 14.6. The van der Waals surface area contributed by atoms with E-state index in [-0.39, 0.29) is 61.2 Å². The molecule has 0 bridgehead atoms. The number of hydrogen-bond donors (Lipinski definition) is 3. The predicted octanol–water partition coefficient (Wildman–Crippen LogP) is 7.00. The Morgan fingerprint density at radius 3 is 1.89 bits per heavy atom. The zero-order chi connectivity index (χ0) is 37.6. The molecular formula is C33H22CuN5O11S3-3. The maximum atomic E-state index is 12.3. The molecule has 0 spiro atoms. The quantitative estimate of drug-likeness (QED) is 0.0755. The molecule has 0 atom stereocenters. The molecule has 277 valence electrons. The third-order valence-corrected chi connectivity index (χ3v) is 10.3. The average Bonchev–Trinajstić information content (AvgIpc) is 3.06. The number of phenolic OH excluding ortho intramolecular Hbond substituents is 2. The molecule has 1 radical (unpaired) electrons. The number of anilines is 2. The number of nitrogens with zero attached hydrogens (tertiary/aromatic N) is 4. The van der Waals surface area contributed by atoms with Gasteiger partial charge in [0.05, 0.1) is 26.1 Å². The van der Waals surface area contributed by atoms with Crippen LogP contribution in [0.2, 0.25) is 0 Å². The molecule has 6 rings (SSSR count). The van der Waals surface area contributed by atoms with E-state index in [4.69, 9.17) is 0 Å². The number of aryl methyl sites for hydroxylation is 1. The molecule has 6 aromatic carbocycles. The molecule has 0 saturated carbocycles. The molecule has 0 aliphatic rings. The first-order valence-electron chi connectivity index (χ1n) is 14.6. The van der Waals surface area contributed by atoms with Crippen LogP contribution in [0.5, 0.6) is 11.5 Å². The van der Waals surface area contributed by atoms with Gasteiger partial charge in [0.2, 0.25) is 0 Å². The summed E-state index contributed by atoms with van der Waals surface area (Å²) in [6, 6.07) is 22.1. The summed E-state index contributed by atoms with van der Waals surface area (Å²) in [6.45, 7) is 1.49. The third kappa shape index (κ3) is 8.35. The number of azo groups is 2. The molecule has 0 aliphatic carbocycles. The fraction of sp³-hybridized carbons (Fsp3) is 0.0303. The van der Waals surface area contributed by atoms with Gasteiger partial charge in [0.15, 0.2) is 5.75 Å². The van der Waals surface area contributed by atoms with Crippen molar-refractivity contribution in [1.82, 2.24) is 0 Å². The minimum absolute atomic E-state index is 0. The van der Waals surface area contributed by atoms with Crippen LogP contribution < -0.4 is 5.32 Å². The van der Waals surface area contributed by atoms with Gasteiger partial charge in [-0.1, -0.05) is 30.3 Å². The zero-order valence-corrected chi connectivity index (χ0v) is 30.0. The number of aromatic hydroxyl groups is 2. The Bertz CT molecular complexity index is 2840. The van der Waals surface area contributed by atoms with E-state index in [2.05, 4.69) is 25.8 Å². The maximum Gasteiger partial charge on any atom is 0.152 e. The topological polar surface area (TPSA) is 274 Å². The Balaban J connectivity index is 0.00000541. The van der Waals surface area contributed by atoms with E-state index in [1.54, 1.807) is 18.2 Å². The molecule has 0 aromatic heterocycles. The number of rotatable bonds is 9. The zero-order valence-electron chi connectivity index (χ0n) is 26.6. The molecule has 0 aliphatic heterocycles.